The van der Waals surface area contributed by atoms with Crippen LogP contribution in [-0.4, -0.2) is 48.0 Å². The Morgan fingerprint density at radius 1 is 0.960 bits per heavy atom. The van der Waals surface area contributed by atoms with Crippen molar-refractivity contribution in [2.75, 3.05) is 19.8 Å². The average Bonchev–Trinajstić information content (AvgIpc) is 3.18. The van der Waals surface area contributed by atoms with Crippen LogP contribution in [0.2, 0.25) is 0 Å². The highest BCUT2D eigenvalue weighted by Crippen LogP contribution is 2.65. The number of hydrogen-bond acceptors (Lipinski definition) is 5. The first-order chi connectivity index (χ1) is 11.9. The lowest BCUT2D eigenvalue weighted by molar-refractivity contribution is -0.244. The van der Waals surface area contributed by atoms with E-state index in [0.29, 0.717) is 43.9 Å². The first kappa shape index (κ1) is 18.2. The molecule has 1 heterocycles. The van der Waals surface area contributed by atoms with Gasteiger partial charge in [0.25, 0.3) is 0 Å². The molecule has 4 rings (SSSR count). The van der Waals surface area contributed by atoms with Gasteiger partial charge >= 0.3 is 0 Å². The van der Waals surface area contributed by atoms with Crippen LogP contribution in [0.1, 0.15) is 58.8 Å². The molecule has 144 valence electrons. The van der Waals surface area contributed by atoms with Gasteiger partial charge in [0, 0.05) is 11.8 Å². The van der Waals surface area contributed by atoms with Gasteiger partial charge in [0.1, 0.15) is 0 Å². The summed E-state index contributed by atoms with van der Waals surface area (Å²) in [5, 5.41) is 20.8. The molecule has 4 N–H and O–H groups in total. The Morgan fingerprint density at radius 2 is 1.64 bits per heavy atom. The first-order valence-electron chi connectivity index (χ1n) is 10.2. The van der Waals surface area contributed by atoms with E-state index in [-0.39, 0.29) is 16.9 Å². The molecule has 3 aliphatic carbocycles. The Kier molecular flexibility index (Phi) is 4.48. The van der Waals surface area contributed by atoms with Gasteiger partial charge in [-0.1, -0.05) is 13.8 Å². The van der Waals surface area contributed by atoms with E-state index in [1.165, 1.54) is 0 Å². The van der Waals surface area contributed by atoms with Gasteiger partial charge in [0.15, 0.2) is 5.79 Å². The summed E-state index contributed by atoms with van der Waals surface area (Å²) in [5.41, 5.74) is 6.21. The highest BCUT2D eigenvalue weighted by atomic mass is 16.7. The average molecular weight is 354 g/mol. The van der Waals surface area contributed by atoms with Crippen LogP contribution < -0.4 is 5.73 Å². The quantitative estimate of drug-likeness (QED) is 0.707. The maximum atomic E-state index is 10.8. The number of nitrogens with two attached hydrogens (primary N) is 1. The largest absolute Gasteiger partial charge is 0.393 e. The van der Waals surface area contributed by atoms with Crippen LogP contribution in [0.3, 0.4) is 0 Å². The molecule has 0 aromatic rings. The molecule has 7 atom stereocenters. The maximum Gasteiger partial charge on any atom is 0.174 e. The van der Waals surface area contributed by atoms with E-state index in [9.17, 15) is 10.2 Å². The smallest absolute Gasteiger partial charge is 0.174 e. The summed E-state index contributed by atoms with van der Waals surface area (Å²) in [6.07, 6.45) is 5.59. The molecular weight excluding hydrogens is 318 g/mol. The fourth-order valence-electron chi connectivity index (χ4n) is 7.04. The second kappa shape index (κ2) is 6.16. The molecular formula is C20H35NO4. The SMILES string of the molecule is C[C@]12CCC([C@@]3(C)CC[C@H](O)C[C@@H]3O)[C@@H](CN)C1CCC21OCCO1. The molecule has 1 saturated heterocycles. The molecule has 5 heteroatoms. The van der Waals surface area contributed by atoms with Crippen molar-refractivity contribution >= 4 is 0 Å². The molecule has 0 aromatic carbocycles. The molecule has 4 aliphatic rings. The van der Waals surface area contributed by atoms with Gasteiger partial charge < -0.3 is 25.4 Å². The van der Waals surface area contributed by atoms with Crippen LogP contribution in [0.4, 0.5) is 0 Å². The summed E-state index contributed by atoms with van der Waals surface area (Å²) >= 11 is 0. The molecule has 1 spiro atoms. The van der Waals surface area contributed by atoms with Crippen molar-refractivity contribution in [3.05, 3.63) is 0 Å². The van der Waals surface area contributed by atoms with Crippen LogP contribution in [0.15, 0.2) is 0 Å². The van der Waals surface area contributed by atoms with Gasteiger partial charge in [-0.2, -0.15) is 0 Å². The fraction of sp³-hybridized carbons (Fsp3) is 1.00. The van der Waals surface area contributed by atoms with Crippen molar-refractivity contribution < 1.29 is 19.7 Å². The van der Waals surface area contributed by atoms with Crippen molar-refractivity contribution in [1.29, 1.82) is 0 Å². The van der Waals surface area contributed by atoms with Crippen LogP contribution in [-0.2, 0) is 9.47 Å². The molecule has 0 bridgehead atoms. The normalized spacial score (nSPS) is 52.4. The summed E-state index contributed by atoms with van der Waals surface area (Å²) in [7, 11) is 0. The minimum atomic E-state index is -0.436. The minimum Gasteiger partial charge on any atom is -0.393 e. The third kappa shape index (κ3) is 2.46. The van der Waals surface area contributed by atoms with Crippen molar-refractivity contribution in [2.45, 2.75) is 76.8 Å². The topological polar surface area (TPSA) is 84.9 Å². The third-order valence-electron chi connectivity index (χ3n) is 8.63. The maximum absolute atomic E-state index is 10.8. The number of hydrogen-bond donors (Lipinski definition) is 3. The van der Waals surface area contributed by atoms with Crippen molar-refractivity contribution in [1.82, 2.24) is 0 Å². The molecule has 3 saturated carbocycles. The van der Waals surface area contributed by atoms with Gasteiger partial charge in [-0.05, 0) is 68.2 Å². The monoisotopic (exact) mass is 353 g/mol. The minimum absolute atomic E-state index is 0.0273. The van der Waals surface area contributed by atoms with Crippen LogP contribution in [0.5, 0.6) is 0 Å². The molecule has 2 unspecified atom stereocenters. The van der Waals surface area contributed by atoms with Crippen molar-refractivity contribution in [2.24, 2.45) is 34.3 Å². The predicted octanol–water partition coefficient (Wildman–Crippen LogP) is 2.04. The number of fused-ring (bicyclic) bond motifs is 2. The number of aliphatic hydroxyl groups is 2. The summed E-state index contributed by atoms with van der Waals surface area (Å²) in [5.74, 6) is 0.888. The van der Waals surface area contributed by atoms with Gasteiger partial charge in [0.2, 0.25) is 0 Å². The second-order valence-corrected chi connectivity index (χ2v) is 9.51. The zero-order valence-electron chi connectivity index (χ0n) is 15.7. The van der Waals surface area contributed by atoms with E-state index < -0.39 is 11.9 Å². The first-order valence-corrected chi connectivity index (χ1v) is 10.2. The van der Waals surface area contributed by atoms with E-state index in [1.807, 2.05) is 0 Å². The van der Waals surface area contributed by atoms with Crippen LogP contribution in [0, 0.1) is 28.6 Å². The molecule has 4 fully saturated rings. The zero-order valence-corrected chi connectivity index (χ0v) is 15.7. The Labute approximate surface area is 151 Å². The Morgan fingerprint density at radius 3 is 2.28 bits per heavy atom. The standard InChI is InChI=1S/C20H35NO4/c1-18(6-3-13(22)11-17(18)23)15-4-7-19(2)16(14(15)12-21)5-8-20(19)24-9-10-25-20/h13-17,22-23H,3-12,21H2,1-2H3/t13-,14+,15?,16?,17-,18+,19-/m0/s1. The molecule has 0 amide bonds. The Balaban J connectivity index is 1.62. The highest BCUT2D eigenvalue weighted by molar-refractivity contribution is 5.11. The van der Waals surface area contributed by atoms with Gasteiger partial charge in [0.05, 0.1) is 25.4 Å². The fourth-order valence-corrected chi connectivity index (χ4v) is 7.04. The summed E-state index contributed by atoms with van der Waals surface area (Å²) < 4.78 is 12.3. The number of aliphatic hydroxyl groups excluding tert-OH is 2. The van der Waals surface area contributed by atoms with Crippen LogP contribution in [0.25, 0.3) is 0 Å². The molecule has 1 aliphatic heterocycles. The van der Waals surface area contributed by atoms with E-state index in [2.05, 4.69) is 13.8 Å². The number of ether oxygens (including phenoxy) is 2. The lowest BCUT2D eigenvalue weighted by Crippen LogP contribution is -2.57. The van der Waals surface area contributed by atoms with Crippen molar-refractivity contribution in [3.63, 3.8) is 0 Å². The van der Waals surface area contributed by atoms with Gasteiger partial charge in [-0.25, -0.2) is 0 Å². The predicted molar refractivity (Wildman–Crippen MR) is 94.7 cm³/mol. The zero-order chi connectivity index (χ0) is 17.9. The van der Waals surface area contributed by atoms with E-state index >= 15 is 0 Å². The van der Waals surface area contributed by atoms with Crippen molar-refractivity contribution in [3.8, 4) is 0 Å². The lowest BCUT2D eigenvalue weighted by Gasteiger charge is -2.57. The molecule has 5 nitrogen and oxygen atoms in total. The van der Waals surface area contributed by atoms with Gasteiger partial charge in [-0.15, -0.1) is 0 Å². The molecule has 0 aromatic heterocycles. The molecule has 25 heavy (non-hydrogen) atoms. The van der Waals surface area contributed by atoms with Gasteiger partial charge in [-0.3, -0.25) is 0 Å². The highest BCUT2D eigenvalue weighted by Gasteiger charge is 2.66. The molecule has 0 radical (unpaired) electrons. The lowest BCUT2D eigenvalue weighted by atomic mass is 9.50. The Bertz CT molecular complexity index is 508. The van der Waals surface area contributed by atoms with E-state index in [0.717, 1.165) is 38.5 Å². The summed E-state index contributed by atoms with van der Waals surface area (Å²) in [6, 6.07) is 0. The Hall–Kier alpha value is -0.200. The summed E-state index contributed by atoms with van der Waals surface area (Å²) in [4.78, 5) is 0. The summed E-state index contributed by atoms with van der Waals surface area (Å²) in [6.45, 7) is 6.64. The van der Waals surface area contributed by atoms with Crippen LogP contribution >= 0.6 is 0 Å². The third-order valence-corrected chi connectivity index (χ3v) is 8.63. The van der Waals surface area contributed by atoms with E-state index in [1.54, 1.807) is 0 Å². The van der Waals surface area contributed by atoms with E-state index in [4.69, 9.17) is 15.2 Å². The second-order valence-electron chi connectivity index (χ2n) is 9.51. The number of rotatable bonds is 2.